The number of hydrogen-bond acceptors (Lipinski definition) is 4. The molecule has 21 heavy (non-hydrogen) atoms. The molecule has 4 nitrogen and oxygen atoms in total. The molecule has 1 amide bonds. The van der Waals surface area contributed by atoms with E-state index in [0.29, 0.717) is 11.8 Å². The molecule has 0 aliphatic heterocycles. The molecule has 0 spiro atoms. The Morgan fingerprint density at radius 1 is 1.24 bits per heavy atom. The second-order valence-electron chi connectivity index (χ2n) is 4.17. The van der Waals surface area contributed by atoms with Gasteiger partial charge in [-0.1, -0.05) is 5.16 Å². The van der Waals surface area contributed by atoms with Crippen LogP contribution in [0.3, 0.4) is 0 Å². The Kier molecular flexibility index (Phi) is 3.49. The minimum atomic E-state index is -0.940. The van der Waals surface area contributed by atoms with E-state index in [4.69, 9.17) is 4.52 Å². The summed E-state index contributed by atoms with van der Waals surface area (Å²) in [5, 5.41) is 9.94. The number of aromatic nitrogens is 1. The summed E-state index contributed by atoms with van der Waals surface area (Å²) in [7, 11) is 0. The highest BCUT2D eigenvalue weighted by Gasteiger charge is 2.15. The molecule has 0 aliphatic rings. The summed E-state index contributed by atoms with van der Waals surface area (Å²) in [6.45, 7) is 0. The van der Waals surface area contributed by atoms with Crippen molar-refractivity contribution < 1.29 is 18.1 Å². The number of nitrogens with zero attached hydrogens (tertiary/aromatic N) is 1. The van der Waals surface area contributed by atoms with Gasteiger partial charge in [-0.15, -0.1) is 0 Å². The average molecular weight is 306 g/mol. The third-order valence-electron chi connectivity index (χ3n) is 2.74. The number of halogens is 2. The minimum absolute atomic E-state index is 0.0879. The van der Waals surface area contributed by atoms with Crippen LogP contribution in [0.1, 0.15) is 10.4 Å². The lowest BCUT2D eigenvalue weighted by Gasteiger charge is -2.02. The van der Waals surface area contributed by atoms with E-state index in [1.165, 1.54) is 17.4 Å². The van der Waals surface area contributed by atoms with Crippen molar-refractivity contribution in [1.82, 2.24) is 5.16 Å². The summed E-state index contributed by atoms with van der Waals surface area (Å²) >= 11 is 1.50. The van der Waals surface area contributed by atoms with Gasteiger partial charge in [0, 0.05) is 23.1 Å². The molecule has 0 bridgehead atoms. The van der Waals surface area contributed by atoms with Crippen molar-refractivity contribution in [2.24, 2.45) is 0 Å². The summed E-state index contributed by atoms with van der Waals surface area (Å²) in [6.07, 6.45) is 0. The zero-order chi connectivity index (χ0) is 14.8. The predicted molar refractivity (Wildman–Crippen MR) is 74.1 cm³/mol. The van der Waals surface area contributed by atoms with Gasteiger partial charge in [-0.2, -0.15) is 11.3 Å². The fraction of sp³-hybridized carbons (Fsp3) is 0. The summed E-state index contributed by atoms with van der Waals surface area (Å²) in [6, 6.07) is 6.10. The van der Waals surface area contributed by atoms with Crippen LogP contribution in [-0.4, -0.2) is 11.1 Å². The number of hydrogen-bond donors (Lipinski definition) is 1. The molecule has 0 fully saturated rings. The number of anilines is 1. The van der Waals surface area contributed by atoms with Crippen molar-refractivity contribution >= 4 is 23.1 Å². The lowest BCUT2D eigenvalue weighted by molar-refractivity contribution is 0.102. The summed E-state index contributed by atoms with van der Waals surface area (Å²) in [4.78, 5) is 11.9. The van der Waals surface area contributed by atoms with Crippen molar-refractivity contribution in [2.75, 3.05) is 5.32 Å². The molecule has 2 heterocycles. The van der Waals surface area contributed by atoms with Crippen LogP contribution in [0.2, 0.25) is 0 Å². The van der Waals surface area contributed by atoms with Crippen molar-refractivity contribution in [2.45, 2.75) is 0 Å². The molecule has 106 valence electrons. The standard InChI is InChI=1S/C14H8F2N2O2S/c15-9-1-2-10(11(16)5-9)14(19)17-13-6-12(18-20-13)8-3-4-21-7-8/h1-7H,(H,17,19). The molecule has 3 aromatic rings. The van der Waals surface area contributed by atoms with Gasteiger partial charge >= 0.3 is 0 Å². The third-order valence-corrected chi connectivity index (χ3v) is 3.42. The minimum Gasteiger partial charge on any atom is -0.338 e. The Balaban J connectivity index is 1.79. The highest BCUT2D eigenvalue weighted by atomic mass is 32.1. The van der Waals surface area contributed by atoms with E-state index in [1.54, 1.807) is 0 Å². The average Bonchev–Trinajstić information content (AvgIpc) is 3.08. The molecule has 0 atom stereocenters. The Morgan fingerprint density at radius 2 is 2.10 bits per heavy atom. The summed E-state index contributed by atoms with van der Waals surface area (Å²) in [5.41, 5.74) is 1.15. The molecule has 3 rings (SSSR count). The second kappa shape index (κ2) is 5.45. The molecular formula is C14H8F2N2O2S. The van der Waals surface area contributed by atoms with Gasteiger partial charge in [0.15, 0.2) is 0 Å². The highest BCUT2D eigenvalue weighted by Crippen LogP contribution is 2.24. The maximum Gasteiger partial charge on any atom is 0.261 e. The van der Waals surface area contributed by atoms with Gasteiger partial charge < -0.3 is 4.52 Å². The Bertz CT molecular complexity index is 784. The number of thiophene rings is 1. The number of benzene rings is 1. The molecule has 2 aromatic heterocycles. The molecule has 0 saturated carbocycles. The normalized spacial score (nSPS) is 10.6. The first kappa shape index (κ1) is 13.4. The zero-order valence-corrected chi connectivity index (χ0v) is 11.3. The Labute approximate surface area is 122 Å². The van der Waals surface area contributed by atoms with E-state index in [2.05, 4.69) is 10.5 Å². The molecule has 1 aromatic carbocycles. The summed E-state index contributed by atoms with van der Waals surface area (Å²) < 4.78 is 31.3. The van der Waals surface area contributed by atoms with Crippen LogP contribution in [0.15, 0.2) is 45.6 Å². The van der Waals surface area contributed by atoms with Crippen molar-refractivity contribution in [3.05, 3.63) is 58.3 Å². The smallest absolute Gasteiger partial charge is 0.261 e. The molecule has 7 heteroatoms. The van der Waals surface area contributed by atoms with Gasteiger partial charge in [-0.3, -0.25) is 10.1 Å². The zero-order valence-electron chi connectivity index (χ0n) is 10.5. The first-order chi connectivity index (χ1) is 10.1. The largest absolute Gasteiger partial charge is 0.338 e. The van der Waals surface area contributed by atoms with Gasteiger partial charge in [0.2, 0.25) is 5.88 Å². The van der Waals surface area contributed by atoms with E-state index in [-0.39, 0.29) is 11.4 Å². The number of carbonyl (C=O) groups is 1. The van der Waals surface area contributed by atoms with Crippen LogP contribution in [0, 0.1) is 11.6 Å². The fourth-order valence-electron chi connectivity index (χ4n) is 1.73. The van der Waals surface area contributed by atoms with Gasteiger partial charge in [0.05, 0.1) is 5.56 Å². The number of nitrogens with one attached hydrogen (secondary N) is 1. The van der Waals surface area contributed by atoms with E-state index in [1.807, 2.05) is 16.8 Å². The van der Waals surface area contributed by atoms with Crippen LogP contribution in [0.25, 0.3) is 11.3 Å². The molecule has 0 radical (unpaired) electrons. The molecule has 0 saturated heterocycles. The van der Waals surface area contributed by atoms with Gasteiger partial charge in [0.1, 0.15) is 17.3 Å². The van der Waals surface area contributed by atoms with Crippen LogP contribution in [0.5, 0.6) is 0 Å². The van der Waals surface area contributed by atoms with Gasteiger partial charge in [-0.05, 0) is 23.6 Å². The van der Waals surface area contributed by atoms with E-state index in [0.717, 1.165) is 17.7 Å². The highest BCUT2D eigenvalue weighted by molar-refractivity contribution is 7.08. The van der Waals surface area contributed by atoms with Crippen LogP contribution < -0.4 is 5.32 Å². The molecule has 0 aliphatic carbocycles. The monoisotopic (exact) mass is 306 g/mol. The van der Waals surface area contributed by atoms with Crippen molar-refractivity contribution in [1.29, 1.82) is 0 Å². The van der Waals surface area contributed by atoms with Crippen LogP contribution >= 0.6 is 11.3 Å². The summed E-state index contributed by atoms with van der Waals surface area (Å²) in [5.74, 6) is -2.33. The first-order valence-corrected chi connectivity index (χ1v) is 6.83. The molecular weight excluding hydrogens is 298 g/mol. The predicted octanol–water partition coefficient (Wildman–Crippen LogP) is 3.93. The molecule has 0 unspecified atom stereocenters. The molecule has 1 N–H and O–H groups in total. The Hall–Kier alpha value is -2.54. The SMILES string of the molecule is O=C(Nc1cc(-c2ccsc2)no1)c1ccc(F)cc1F. The second-order valence-corrected chi connectivity index (χ2v) is 4.95. The number of amides is 1. The quantitative estimate of drug-likeness (QED) is 0.797. The third kappa shape index (κ3) is 2.82. The van der Waals surface area contributed by atoms with Crippen molar-refractivity contribution in [3.63, 3.8) is 0 Å². The number of carbonyl (C=O) groups excluding carboxylic acids is 1. The van der Waals surface area contributed by atoms with E-state index in [9.17, 15) is 13.6 Å². The van der Waals surface area contributed by atoms with Gasteiger partial charge in [0.25, 0.3) is 5.91 Å². The first-order valence-electron chi connectivity index (χ1n) is 5.89. The van der Waals surface area contributed by atoms with E-state index >= 15 is 0 Å². The maximum atomic E-state index is 13.5. The number of rotatable bonds is 3. The van der Waals surface area contributed by atoms with Gasteiger partial charge in [-0.25, -0.2) is 8.78 Å². The lowest BCUT2D eigenvalue weighted by atomic mass is 10.2. The fourth-order valence-corrected chi connectivity index (χ4v) is 2.38. The lowest BCUT2D eigenvalue weighted by Crippen LogP contribution is -2.13. The van der Waals surface area contributed by atoms with Crippen molar-refractivity contribution in [3.8, 4) is 11.3 Å². The topological polar surface area (TPSA) is 55.1 Å². The van der Waals surface area contributed by atoms with Crippen LogP contribution in [0.4, 0.5) is 14.7 Å². The maximum absolute atomic E-state index is 13.5. The Morgan fingerprint density at radius 3 is 2.81 bits per heavy atom. The van der Waals surface area contributed by atoms with E-state index < -0.39 is 17.5 Å². The van der Waals surface area contributed by atoms with Crippen LogP contribution in [-0.2, 0) is 0 Å².